The van der Waals surface area contributed by atoms with Crippen molar-refractivity contribution in [1.29, 1.82) is 0 Å². The van der Waals surface area contributed by atoms with E-state index in [1.165, 1.54) is 5.56 Å². The zero-order valence-electron chi connectivity index (χ0n) is 11.5. The van der Waals surface area contributed by atoms with Crippen molar-refractivity contribution in [3.8, 4) is 0 Å². The lowest BCUT2D eigenvalue weighted by Crippen LogP contribution is -2.55. The SMILES string of the molecule is CCC(c1cccc(Cl)c1)N1CC(C)NCC1C. The van der Waals surface area contributed by atoms with E-state index in [4.69, 9.17) is 11.6 Å². The van der Waals surface area contributed by atoms with Crippen LogP contribution in [0.2, 0.25) is 5.02 Å². The fraction of sp³-hybridized carbons (Fsp3) is 0.600. The molecular weight excluding hydrogens is 244 g/mol. The summed E-state index contributed by atoms with van der Waals surface area (Å²) in [5.41, 5.74) is 1.34. The minimum atomic E-state index is 0.475. The Morgan fingerprint density at radius 3 is 2.89 bits per heavy atom. The van der Waals surface area contributed by atoms with Crippen molar-refractivity contribution in [2.75, 3.05) is 13.1 Å². The van der Waals surface area contributed by atoms with E-state index in [1.54, 1.807) is 0 Å². The molecule has 3 atom stereocenters. The largest absolute Gasteiger partial charge is 0.311 e. The van der Waals surface area contributed by atoms with Crippen LogP contribution in [0.3, 0.4) is 0 Å². The van der Waals surface area contributed by atoms with Crippen molar-refractivity contribution >= 4 is 11.6 Å². The van der Waals surface area contributed by atoms with E-state index < -0.39 is 0 Å². The lowest BCUT2D eigenvalue weighted by atomic mass is 9.98. The summed E-state index contributed by atoms with van der Waals surface area (Å²) in [6.45, 7) is 8.98. The Balaban J connectivity index is 2.21. The standard InChI is InChI=1S/C15H23ClN2/c1-4-15(13-6-5-7-14(16)8-13)18-10-11(2)17-9-12(18)3/h5-8,11-12,15,17H,4,9-10H2,1-3H3. The molecule has 1 aliphatic heterocycles. The van der Waals surface area contributed by atoms with Gasteiger partial charge in [0.25, 0.3) is 0 Å². The van der Waals surface area contributed by atoms with Crippen molar-refractivity contribution in [3.05, 3.63) is 34.9 Å². The second-order valence-corrected chi connectivity index (χ2v) is 5.77. The molecule has 0 spiro atoms. The highest BCUT2D eigenvalue weighted by molar-refractivity contribution is 6.30. The number of piperazine rings is 1. The first-order valence-electron chi connectivity index (χ1n) is 6.86. The number of hydrogen-bond donors (Lipinski definition) is 1. The molecule has 2 rings (SSSR count). The normalized spacial score (nSPS) is 27.1. The highest BCUT2D eigenvalue weighted by Crippen LogP contribution is 2.29. The van der Waals surface area contributed by atoms with Gasteiger partial charge in [0.15, 0.2) is 0 Å². The average molecular weight is 267 g/mol. The number of benzene rings is 1. The third-order valence-electron chi connectivity index (χ3n) is 3.83. The Labute approximate surface area is 115 Å². The zero-order chi connectivity index (χ0) is 13.1. The minimum absolute atomic E-state index is 0.475. The van der Waals surface area contributed by atoms with Gasteiger partial charge in [-0.3, -0.25) is 4.90 Å². The summed E-state index contributed by atoms with van der Waals surface area (Å²) >= 11 is 6.12. The molecule has 1 N–H and O–H groups in total. The highest BCUT2D eigenvalue weighted by Gasteiger charge is 2.28. The van der Waals surface area contributed by atoms with Crippen LogP contribution in [-0.2, 0) is 0 Å². The molecular formula is C15H23ClN2. The molecule has 0 saturated carbocycles. The van der Waals surface area contributed by atoms with Crippen LogP contribution < -0.4 is 5.32 Å². The molecule has 18 heavy (non-hydrogen) atoms. The maximum atomic E-state index is 6.12. The third-order valence-corrected chi connectivity index (χ3v) is 4.07. The fourth-order valence-electron chi connectivity index (χ4n) is 2.86. The molecule has 0 radical (unpaired) electrons. The monoisotopic (exact) mass is 266 g/mol. The van der Waals surface area contributed by atoms with Crippen LogP contribution in [-0.4, -0.2) is 30.1 Å². The summed E-state index contributed by atoms with van der Waals surface area (Å²) in [4.78, 5) is 2.60. The number of nitrogens with one attached hydrogen (secondary N) is 1. The zero-order valence-corrected chi connectivity index (χ0v) is 12.2. The maximum Gasteiger partial charge on any atom is 0.0409 e. The van der Waals surface area contributed by atoms with Crippen LogP contribution in [0, 0.1) is 0 Å². The van der Waals surface area contributed by atoms with Gasteiger partial charge in [-0.2, -0.15) is 0 Å². The van der Waals surface area contributed by atoms with Crippen LogP contribution >= 0.6 is 11.6 Å². The van der Waals surface area contributed by atoms with E-state index in [2.05, 4.69) is 49.2 Å². The molecule has 0 aromatic heterocycles. The smallest absolute Gasteiger partial charge is 0.0409 e. The Morgan fingerprint density at radius 2 is 2.22 bits per heavy atom. The Bertz CT molecular complexity index is 394. The molecule has 0 amide bonds. The van der Waals surface area contributed by atoms with E-state index in [0.717, 1.165) is 24.5 Å². The molecule has 1 aromatic carbocycles. The second-order valence-electron chi connectivity index (χ2n) is 5.33. The topological polar surface area (TPSA) is 15.3 Å². The van der Waals surface area contributed by atoms with Crippen molar-refractivity contribution in [1.82, 2.24) is 10.2 Å². The van der Waals surface area contributed by atoms with Crippen molar-refractivity contribution < 1.29 is 0 Å². The van der Waals surface area contributed by atoms with Gasteiger partial charge < -0.3 is 5.32 Å². The molecule has 1 aromatic rings. The number of hydrogen-bond acceptors (Lipinski definition) is 2. The molecule has 2 nitrogen and oxygen atoms in total. The van der Waals surface area contributed by atoms with Gasteiger partial charge in [0.1, 0.15) is 0 Å². The Hall–Kier alpha value is -0.570. The first-order chi connectivity index (χ1) is 8.61. The van der Waals surface area contributed by atoms with Crippen molar-refractivity contribution in [2.45, 2.75) is 45.3 Å². The number of nitrogens with zero attached hydrogens (tertiary/aromatic N) is 1. The van der Waals surface area contributed by atoms with Gasteiger partial charge in [-0.1, -0.05) is 30.7 Å². The highest BCUT2D eigenvalue weighted by atomic mass is 35.5. The molecule has 3 unspecified atom stereocenters. The molecule has 1 saturated heterocycles. The molecule has 1 heterocycles. The fourth-order valence-corrected chi connectivity index (χ4v) is 3.06. The predicted octanol–water partition coefficient (Wildman–Crippen LogP) is 3.47. The van der Waals surface area contributed by atoms with Gasteiger partial charge in [0.2, 0.25) is 0 Å². The van der Waals surface area contributed by atoms with Crippen molar-refractivity contribution in [2.24, 2.45) is 0 Å². The van der Waals surface area contributed by atoms with E-state index in [0.29, 0.717) is 18.1 Å². The van der Waals surface area contributed by atoms with Crippen molar-refractivity contribution in [3.63, 3.8) is 0 Å². The molecule has 0 aliphatic carbocycles. The van der Waals surface area contributed by atoms with E-state index in [-0.39, 0.29) is 0 Å². The predicted molar refractivity (Wildman–Crippen MR) is 78.1 cm³/mol. The lowest BCUT2D eigenvalue weighted by Gasteiger charge is -2.42. The van der Waals surface area contributed by atoms with E-state index >= 15 is 0 Å². The molecule has 1 aliphatic rings. The quantitative estimate of drug-likeness (QED) is 0.901. The third kappa shape index (κ3) is 3.05. The summed E-state index contributed by atoms with van der Waals surface area (Å²) in [5, 5.41) is 4.37. The molecule has 100 valence electrons. The summed E-state index contributed by atoms with van der Waals surface area (Å²) in [6, 6.07) is 9.91. The van der Waals surface area contributed by atoms with Gasteiger partial charge in [0, 0.05) is 36.2 Å². The maximum absolute atomic E-state index is 6.12. The summed E-state index contributed by atoms with van der Waals surface area (Å²) in [7, 11) is 0. The average Bonchev–Trinajstić information content (AvgIpc) is 2.35. The van der Waals surface area contributed by atoms with Crippen LogP contribution in [0.1, 0.15) is 38.8 Å². The van der Waals surface area contributed by atoms with E-state index in [1.807, 2.05) is 6.07 Å². The summed E-state index contributed by atoms with van der Waals surface area (Å²) in [5.74, 6) is 0. The molecule has 0 bridgehead atoms. The first-order valence-corrected chi connectivity index (χ1v) is 7.24. The molecule has 3 heteroatoms. The summed E-state index contributed by atoms with van der Waals surface area (Å²) < 4.78 is 0. The van der Waals surface area contributed by atoms with Crippen LogP contribution in [0.25, 0.3) is 0 Å². The number of rotatable bonds is 3. The number of halogens is 1. The van der Waals surface area contributed by atoms with Crippen LogP contribution in [0.15, 0.2) is 24.3 Å². The van der Waals surface area contributed by atoms with Gasteiger partial charge >= 0.3 is 0 Å². The van der Waals surface area contributed by atoms with Gasteiger partial charge in [-0.05, 0) is 38.0 Å². The Morgan fingerprint density at radius 1 is 1.44 bits per heavy atom. The first kappa shape index (κ1) is 13.9. The van der Waals surface area contributed by atoms with Crippen LogP contribution in [0.5, 0.6) is 0 Å². The Kier molecular flexibility index (Phi) is 4.66. The van der Waals surface area contributed by atoms with Gasteiger partial charge in [-0.25, -0.2) is 0 Å². The molecule has 1 fully saturated rings. The minimum Gasteiger partial charge on any atom is -0.311 e. The summed E-state index contributed by atoms with van der Waals surface area (Å²) in [6.07, 6.45) is 1.12. The lowest BCUT2D eigenvalue weighted by molar-refractivity contribution is 0.0921. The van der Waals surface area contributed by atoms with Crippen LogP contribution in [0.4, 0.5) is 0 Å². The second kappa shape index (κ2) is 6.05. The van der Waals surface area contributed by atoms with Gasteiger partial charge in [0.05, 0.1) is 0 Å². The van der Waals surface area contributed by atoms with E-state index in [9.17, 15) is 0 Å². The van der Waals surface area contributed by atoms with Gasteiger partial charge in [-0.15, -0.1) is 0 Å².